The van der Waals surface area contributed by atoms with E-state index in [4.69, 9.17) is 23.2 Å². The van der Waals surface area contributed by atoms with Crippen LogP contribution in [0.4, 0.5) is 0 Å². The monoisotopic (exact) mass is 272 g/mol. The van der Waals surface area contributed by atoms with Gasteiger partial charge in [0.2, 0.25) is 0 Å². The molecule has 0 radical (unpaired) electrons. The first-order valence-corrected chi connectivity index (χ1v) is 8.20. The molecular weight excluding hydrogens is 251 g/mol. The molecular formula is C11H22Cl2OS. The highest BCUT2D eigenvalue weighted by molar-refractivity contribution is 7.85. The number of hydrogen-bond acceptors (Lipinski definition) is 1. The topological polar surface area (TPSA) is 17.1 Å². The summed E-state index contributed by atoms with van der Waals surface area (Å²) in [6.07, 6.45) is 7.38. The van der Waals surface area contributed by atoms with Crippen LogP contribution in [0, 0.1) is 0 Å². The van der Waals surface area contributed by atoms with Gasteiger partial charge in [0.1, 0.15) is 0 Å². The molecule has 0 N–H and O–H groups in total. The van der Waals surface area contributed by atoms with E-state index < -0.39 is 10.8 Å². The fourth-order valence-corrected chi connectivity index (χ4v) is 3.65. The smallest absolute Gasteiger partial charge is 0.0618 e. The number of hydrogen-bond donors (Lipinski definition) is 0. The van der Waals surface area contributed by atoms with E-state index in [0.29, 0.717) is 11.8 Å². The third-order valence-corrected chi connectivity index (χ3v) is 5.29. The molecule has 0 aromatic rings. The number of halogens is 2. The highest BCUT2D eigenvalue weighted by Gasteiger charge is 2.13. The summed E-state index contributed by atoms with van der Waals surface area (Å²) in [6, 6.07) is 0. The summed E-state index contributed by atoms with van der Waals surface area (Å²) in [6.45, 7) is 2.21. The Morgan fingerprint density at radius 3 is 2.07 bits per heavy atom. The predicted octanol–water partition coefficient (Wildman–Crippen LogP) is 3.94. The van der Waals surface area contributed by atoms with E-state index in [2.05, 4.69) is 6.92 Å². The van der Waals surface area contributed by atoms with Crippen LogP contribution in [-0.2, 0) is 10.8 Å². The van der Waals surface area contributed by atoms with Gasteiger partial charge in [0, 0.05) is 28.3 Å². The summed E-state index contributed by atoms with van der Waals surface area (Å²) in [5.74, 6) is 1.58. The molecule has 0 aliphatic heterocycles. The third-order valence-electron chi connectivity index (χ3n) is 2.42. The lowest BCUT2D eigenvalue weighted by Gasteiger charge is -2.09. The lowest BCUT2D eigenvalue weighted by atomic mass is 10.1. The number of unbranched alkanes of at least 4 members (excludes halogenated alkanes) is 5. The van der Waals surface area contributed by atoms with E-state index >= 15 is 0 Å². The van der Waals surface area contributed by atoms with Gasteiger partial charge in [-0.05, 0) is 6.42 Å². The summed E-state index contributed by atoms with van der Waals surface area (Å²) < 4.78 is 11.6. The largest absolute Gasteiger partial charge is 0.259 e. The van der Waals surface area contributed by atoms with Crippen molar-refractivity contribution in [3.05, 3.63) is 0 Å². The van der Waals surface area contributed by atoms with Gasteiger partial charge in [-0.25, -0.2) is 0 Å². The Morgan fingerprint density at radius 1 is 1.00 bits per heavy atom. The lowest BCUT2D eigenvalue weighted by molar-refractivity contribution is 0.621. The Kier molecular flexibility index (Phi) is 11.8. The minimum absolute atomic E-state index is 0.0241. The molecule has 0 fully saturated rings. The summed E-state index contributed by atoms with van der Waals surface area (Å²) in [5.41, 5.74) is 0. The van der Waals surface area contributed by atoms with E-state index in [0.717, 1.165) is 12.2 Å². The maximum atomic E-state index is 11.6. The van der Waals surface area contributed by atoms with Crippen molar-refractivity contribution in [2.45, 2.75) is 50.7 Å². The normalized spacial score (nSPS) is 13.3. The van der Waals surface area contributed by atoms with Gasteiger partial charge in [0.05, 0.1) is 5.25 Å². The molecule has 1 unspecified atom stereocenters. The maximum Gasteiger partial charge on any atom is 0.0618 e. The summed E-state index contributed by atoms with van der Waals surface area (Å²) in [5, 5.41) is -0.0241. The van der Waals surface area contributed by atoms with Crippen LogP contribution in [0.25, 0.3) is 0 Å². The Labute approximate surface area is 106 Å². The predicted molar refractivity (Wildman–Crippen MR) is 71.6 cm³/mol. The fraction of sp³-hybridized carbons (Fsp3) is 1.00. The Hall–Kier alpha value is 0.730. The van der Waals surface area contributed by atoms with Gasteiger partial charge in [-0.1, -0.05) is 39.0 Å². The van der Waals surface area contributed by atoms with Crippen LogP contribution in [0.1, 0.15) is 45.4 Å². The Balaban J connectivity index is 3.38. The summed E-state index contributed by atoms with van der Waals surface area (Å²) in [4.78, 5) is 0. The van der Waals surface area contributed by atoms with Crippen LogP contribution in [0.3, 0.4) is 0 Å². The molecule has 1 atom stereocenters. The average Bonchev–Trinajstić information content (AvgIpc) is 2.25. The molecule has 0 amide bonds. The first kappa shape index (κ1) is 15.7. The second-order valence-corrected chi connectivity index (χ2v) is 6.24. The molecule has 0 aromatic carbocycles. The van der Waals surface area contributed by atoms with Gasteiger partial charge in [-0.2, -0.15) is 0 Å². The zero-order chi connectivity index (χ0) is 11.5. The van der Waals surface area contributed by atoms with Gasteiger partial charge in [0.25, 0.3) is 0 Å². The van der Waals surface area contributed by atoms with Crippen molar-refractivity contribution in [3.8, 4) is 0 Å². The highest BCUT2D eigenvalue weighted by Crippen LogP contribution is 2.09. The first-order valence-electron chi connectivity index (χ1n) is 5.75. The average molecular weight is 273 g/mol. The van der Waals surface area contributed by atoms with Crippen molar-refractivity contribution in [1.29, 1.82) is 0 Å². The molecule has 0 aliphatic carbocycles. The van der Waals surface area contributed by atoms with Gasteiger partial charge in [-0.15, -0.1) is 23.2 Å². The zero-order valence-electron chi connectivity index (χ0n) is 9.51. The summed E-state index contributed by atoms with van der Waals surface area (Å²) >= 11 is 11.3. The van der Waals surface area contributed by atoms with Crippen molar-refractivity contribution >= 4 is 34.0 Å². The minimum Gasteiger partial charge on any atom is -0.259 e. The van der Waals surface area contributed by atoms with Crippen LogP contribution < -0.4 is 0 Å². The highest BCUT2D eigenvalue weighted by atomic mass is 35.5. The second kappa shape index (κ2) is 11.2. The second-order valence-electron chi connectivity index (χ2n) is 3.78. The van der Waals surface area contributed by atoms with Crippen molar-refractivity contribution in [3.63, 3.8) is 0 Å². The van der Waals surface area contributed by atoms with Crippen molar-refractivity contribution in [2.75, 3.05) is 17.5 Å². The molecule has 0 spiro atoms. The van der Waals surface area contributed by atoms with Gasteiger partial charge in [0.15, 0.2) is 0 Å². The molecule has 1 nitrogen and oxygen atoms in total. The van der Waals surface area contributed by atoms with Crippen LogP contribution in [-0.4, -0.2) is 27.0 Å². The maximum absolute atomic E-state index is 11.6. The molecule has 92 valence electrons. The van der Waals surface area contributed by atoms with Gasteiger partial charge < -0.3 is 0 Å². The minimum atomic E-state index is -0.829. The van der Waals surface area contributed by atoms with Crippen LogP contribution in [0.15, 0.2) is 0 Å². The van der Waals surface area contributed by atoms with Crippen LogP contribution in [0.5, 0.6) is 0 Å². The van der Waals surface area contributed by atoms with Gasteiger partial charge >= 0.3 is 0 Å². The molecule has 0 aromatic heterocycles. The van der Waals surface area contributed by atoms with E-state index in [1.807, 2.05) is 0 Å². The van der Waals surface area contributed by atoms with Gasteiger partial charge in [-0.3, -0.25) is 4.21 Å². The summed E-state index contributed by atoms with van der Waals surface area (Å²) in [7, 11) is -0.829. The standard InChI is InChI=1S/C11H22Cl2OS/c1-2-3-4-5-6-7-8-15(14)11(9-12)10-13/h11H,2-10H2,1H3. The van der Waals surface area contributed by atoms with E-state index in [9.17, 15) is 4.21 Å². The van der Waals surface area contributed by atoms with Crippen molar-refractivity contribution in [1.82, 2.24) is 0 Å². The molecule has 0 saturated heterocycles. The molecule has 0 heterocycles. The molecule has 15 heavy (non-hydrogen) atoms. The SMILES string of the molecule is CCCCCCCCS(=O)C(CCl)CCl. The molecule has 0 saturated carbocycles. The Morgan fingerprint density at radius 2 is 1.53 bits per heavy atom. The first-order chi connectivity index (χ1) is 7.26. The van der Waals surface area contributed by atoms with Crippen LogP contribution in [0.2, 0.25) is 0 Å². The van der Waals surface area contributed by atoms with Crippen LogP contribution >= 0.6 is 23.2 Å². The third kappa shape index (κ3) is 8.53. The molecule has 0 aliphatic rings. The lowest BCUT2D eigenvalue weighted by Crippen LogP contribution is -2.21. The quantitative estimate of drug-likeness (QED) is 0.435. The van der Waals surface area contributed by atoms with E-state index in [1.165, 1.54) is 32.1 Å². The van der Waals surface area contributed by atoms with Crippen molar-refractivity contribution in [2.24, 2.45) is 0 Å². The number of rotatable bonds is 10. The molecule has 0 rings (SSSR count). The zero-order valence-corrected chi connectivity index (χ0v) is 11.8. The molecule has 4 heteroatoms. The Bertz CT molecular complexity index is 161. The van der Waals surface area contributed by atoms with E-state index in [-0.39, 0.29) is 5.25 Å². The molecule has 0 bridgehead atoms. The number of alkyl halides is 2. The fourth-order valence-electron chi connectivity index (χ4n) is 1.37. The van der Waals surface area contributed by atoms with Crippen molar-refractivity contribution < 1.29 is 4.21 Å². The van der Waals surface area contributed by atoms with E-state index in [1.54, 1.807) is 0 Å².